The first-order valence-corrected chi connectivity index (χ1v) is 9.32. The monoisotopic (exact) mass is 339 g/mol. The molecule has 1 aromatic carbocycles. The van der Waals surface area contributed by atoms with Gasteiger partial charge in [0, 0.05) is 6.04 Å². The Bertz CT molecular complexity index is 682. The molecular formula is C16H26BNO4S. The summed E-state index contributed by atoms with van der Waals surface area (Å²) >= 11 is 0. The molecule has 1 N–H and O–H groups in total. The van der Waals surface area contributed by atoms with Crippen molar-refractivity contribution in [3.8, 4) is 0 Å². The molecule has 0 aromatic heterocycles. The molecule has 128 valence electrons. The molecule has 1 aliphatic rings. The Balaban J connectivity index is 2.32. The summed E-state index contributed by atoms with van der Waals surface area (Å²) in [5, 5.41) is 0. The van der Waals surface area contributed by atoms with Crippen molar-refractivity contribution in [3.63, 3.8) is 0 Å². The smallest absolute Gasteiger partial charge is 0.399 e. The zero-order valence-electron chi connectivity index (χ0n) is 14.9. The zero-order chi connectivity index (χ0) is 17.6. The van der Waals surface area contributed by atoms with Gasteiger partial charge in [-0.15, -0.1) is 0 Å². The van der Waals surface area contributed by atoms with Gasteiger partial charge in [-0.2, -0.15) is 0 Å². The number of benzene rings is 1. The number of sulfonamides is 1. The highest BCUT2D eigenvalue weighted by Crippen LogP contribution is 2.36. The van der Waals surface area contributed by atoms with E-state index >= 15 is 0 Å². The summed E-state index contributed by atoms with van der Waals surface area (Å²) < 4.78 is 39.2. The molecular weight excluding hydrogens is 313 g/mol. The van der Waals surface area contributed by atoms with E-state index in [4.69, 9.17) is 9.31 Å². The van der Waals surface area contributed by atoms with Crippen molar-refractivity contribution >= 4 is 22.6 Å². The summed E-state index contributed by atoms with van der Waals surface area (Å²) in [4.78, 5) is 0.254. The van der Waals surface area contributed by atoms with E-state index in [1.165, 1.54) is 0 Å². The second kappa shape index (κ2) is 5.88. The third-order valence-electron chi connectivity index (χ3n) is 4.45. The maximum Gasteiger partial charge on any atom is 0.495 e. The number of rotatable bonds is 4. The van der Waals surface area contributed by atoms with E-state index in [0.717, 1.165) is 11.0 Å². The fraction of sp³-hybridized carbons (Fsp3) is 0.625. The molecule has 1 saturated heterocycles. The Labute approximate surface area is 140 Å². The fourth-order valence-corrected chi connectivity index (χ4v) is 3.76. The molecule has 5 nitrogen and oxygen atoms in total. The Hall–Kier alpha value is -0.885. The lowest BCUT2D eigenvalue weighted by Gasteiger charge is -2.32. The molecule has 0 saturated carbocycles. The molecule has 23 heavy (non-hydrogen) atoms. The summed E-state index contributed by atoms with van der Waals surface area (Å²) in [5.74, 6) is 0. The van der Waals surface area contributed by atoms with Crippen LogP contribution < -0.4 is 10.2 Å². The van der Waals surface area contributed by atoms with Gasteiger partial charge in [-0.1, -0.05) is 11.6 Å². The topological polar surface area (TPSA) is 64.6 Å². The number of hydrogen-bond donors (Lipinski definition) is 1. The van der Waals surface area contributed by atoms with Gasteiger partial charge in [-0.25, -0.2) is 13.1 Å². The van der Waals surface area contributed by atoms with Crippen molar-refractivity contribution < 1.29 is 17.7 Å². The van der Waals surface area contributed by atoms with Crippen LogP contribution in [-0.2, 0) is 19.3 Å². The van der Waals surface area contributed by atoms with E-state index in [2.05, 4.69) is 4.72 Å². The molecule has 1 aromatic rings. The quantitative estimate of drug-likeness (QED) is 0.852. The first-order chi connectivity index (χ1) is 10.4. The van der Waals surface area contributed by atoms with Crippen LogP contribution in [-0.4, -0.2) is 32.8 Å². The van der Waals surface area contributed by atoms with Crippen molar-refractivity contribution in [3.05, 3.63) is 23.8 Å². The van der Waals surface area contributed by atoms with Crippen LogP contribution in [0.1, 0.15) is 47.1 Å². The minimum Gasteiger partial charge on any atom is -0.399 e. The third kappa shape index (κ3) is 3.63. The molecule has 1 fully saturated rings. The summed E-state index contributed by atoms with van der Waals surface area (Å²) in [6.07, 6.45) is 0. The van der Waals surface area contributed by atoms with E-state index in [-0.39, 0.29) is 10.9 Å². The van der Waals surface area contributed by atoms with Crippen molar-refractivity contribution in [2.45, 2.75) is 70.6 Å². The molecule has 0 atom stereocenters. The molecule has 0 radical (unpaired) electrons. The number of aryl methyl sites for hydroxylation is 1. The standard InChI is InChI=1S/C16H26BNO4S/c1-11(2)18-23(19,20)13-8-9-14(12(3)10-13)17-21-15(4,5)16(6,7)22-17/h8-11,18H,1-7H3. The average Bonchev–Trinajstić information content (AvgIpc) is 2.56. The van der Waals surface area contributed by atoms with Gasteiger partial charge in [0.05, 0.1) is 16.1 Å². The van der Waals surface area contributed by atoms with Crippen LogP contribution >= 0.6 is 0 Å². The first kappa shape index (κ1) is 18.5. The highest BCUT2D eigenvalue weighted by Gasteiger charge is 2.52. The lowest BCUT2D eigenvalue weighted by molar-refractivity contribution is 0.00578. The van der Waals surface area contributed by atoms with Gasteiger partial charge in [0.1, 0.15) is 0 Å². The average molecular weight is 339 g/mol. The molecule has 0 spiro atoms. The molecule has 0 aliphatic carbocycles. The normalized spacial score (nSPS) is 20.3. The Kier molecular flexibility index (Phi) is 4.72. The summed E-state index contributed by atoms with van der Waals surface area (Å²) in [6.45, 7) is 13.4. The fourth-order valence-electron chi connectivity index (χ4n) is 2.43. The van der Waals surface area contributed by atoms with Gasteiger partial charge in [-0.05, 0) is 66.1 Å². The summed E-state index contributed by atoms with van der Waals surface area (Å²) in [7, 11) is -3.99. The van der Waals surface area contributed by atoms with E-state index in [9.17, 15) is 8.42 Å². The SMILES string of the molecule is Cc1cc(S(=O)(=O)NC(C)C)ccc1B1OC(C)(C)C(C)(C)O1. The molecule has 2 rings (SSSR count). The van der Waals surface area contributed by atoms with E-state index < -0.39 is 28.3 Å². The Morgan fingerprint density at radius 1 is 1.09 bits per heavy atom. The van der Waals surface area contributed by atoms with Gasteiger partial charge < -0.3 is 9.31 Å². The predicted molar refractivity (Wildman–Crippen MR) is 92.4 cm³/mol. The molecule has 0 amide bonds. The Morgan fingerprint density at radius 2 is 1.61 bits per heavy atom. The van der Waals surface area contributed by atoms with Crippen LogP contribution in [0, 0.1) is 6.92 Å². The first-order valence-electron chi connectivity index (χ1n) is 7.84. The molecule has 1 aliphatic heterocycles. The van der Waals surface area contributed by atoms with Crippen molar-refractivity contribution in [1.82, 2.24) is 4.72 Å². The number of hydrogen-bond acceptors (Lipinski definition) is 4. The van der Waals surface area contributed by atoms with Gasteiger partial charge >= 0.3 is 7.12 Å². The maximum atomic E-state index is 12.3. The maximum absolute atomic E-state index is 12.3. The van der Waals surface area contributed by atoms with E-state index in [1.54, 1.807) is 32.0 Å². The zero-order valence-corrected chi connectivity index (χ0v) is 15.7. The predicted octanol–water partition coefficient (Wildman–Crippen LogP) is 1.98. The molecule has 0 unspecified atom stereocenters. The lowest BCUT2D eigenvalue weighted by Crippen LogP contribution is -2.41. The second-order valence-corrected chi connectivity index (χ2v) is 9.10. The molecule has 0 bridgehead atoms. The van der Waals surface area contributed by atoms with Crippen LogP contribution in [0.15, 0.2) is 23.1 Å². The van der Waals surface area contributed by atoms with E-state index in [0.29, 0.717) is 0 Å². The second-order valence-electron chi connectivity index (χ2n) is 7.38. The van der Waals surface area contributed by atoms with Gasteiger partial charge in [-0.3, -0.25) is 0 Å². The lowest BCUT2D eigenvalue weighted by atomic mass is 9.76. The molecule has 1 heterocycles. The Morgan fingerprint density at radius 3 is 2.04 bits per heavy atom. The highest BCUT2D eigenvalue weighted by atomic mass is 32.2. The van der Waals surface area contributed by atoms with Crippen molar-refractivity contribution in [2.75, 3.05) is 0 Å². The highest BCUT2D eigenvalue weighted by molar-refractivity contribution is 7.89. The van der Waals surface area contributed by atoms with Gasteiger partial charge in [0.15, 0.2) is 0 Å². The minimum atomic E-state index is -3.50. The van der Waals surface area contributed by atoms with Gasteiger partial charge in [0.25, 0.3) is 0 Å². The van der Waals surface area contributed by atoms with Crippen LogP contribution in [0.4, 0.5) is 0 Å². The summed E-state index contributed by atoms with van der Waals surface area (Å²) in [6, 6.07) is 4.87. The third-order valence-corrected chi connectivity index (χ3v) is 6.11. The van der Waals surface area contributed by atoms with Crippen molar-refractivity contribution in [2.24, 2.45) is 0 Å². The van der Waals surface area contributed by atoms with Crippen molar-refractivity contribution in [1.29, 1.82) is 0 Å². The van der Waals surface area contributed by atoms with Gasteiger partial charge in [0.2, 0.25) is 10.0 Å². The van der Waals surface area contributed by atoms with Crippen LogP contribution in [0.2, 0.25) is 0 Å². The van der Waals surface area contributed by atoms with Crippen LogP contribution in [0.3, 0.4) is 0 Å². The minimum absolute atomic E-state index is 0.150. The summed E-state index contributed by atoms with van der Waals surface area (Å²) in [5.41, 5.74) is 0.838. The van der Waals surface area contributed by atoms with Crippen LogP contribution in [0.5, 0.6) is 0 Å². The largest absolute Gasteiger partial charge is 0.495 e. The number of nitrogens with one attached hydrogen (secondary N) is 1. The molecule has 7 heteroatoms. The van der Waals surface area contributed by atoms with E-state index in [1.807, 2.05) is 34.6 Å². The van der Waals surface area contributed by atoms with Crippen LogP contribution in [0.25, 0.3) is 0 Å².